The van der Waals surface area contributed by atoms with E-state index in [4.69, 9.17) is 9.26 Å². The minimum atomic E-state index is -3.65. The van der Waals surface area contributed by atoms with Gasteiger partial charge in [-0.3, -0.25) is 4.68 Å². The highest BCUT2D eigenvalue weighted by Crippen LogP contribution is 2.28. The monoisotopic (exact) mass is 395 g/mol. The van der Waals surface area contributed by atoms with E-state index in [-0.39, 0.29) is 30.5 Å². The molecular weight excluding hydrogens is 378 g/mol. The fourth-order valence-electron chi connectivity index (χ4n) is 2.67. The van der Waals surface area contributed by atoms with E-state index in [0.29, 0.717) is 12.4 Å². The molecule has 1 saturated heterocycles. The van der Waals surface area contributed by atoms with Crippen LogP contribution in [0.4, 0.5) is 0 Å². The lowest BCUT2D eigenvalue weighted by atomic mass is 10.3. The number of nitrogens with zero attached hydrogens (tertiary/aromatic N) is 5. The molecule has 1 aliphatic rings. The maximum atomic E-state index is 12.8. The van der Waals surface area contributed by atoms with E-state index in [1.165, 1.54) is 28.0 Å². The van der Waals surface area contributed by atoms with Gasteiger partial charge in [-0.05, 0) is 18.4 Å². The summed E-state index contributed by atoms with van der Waals surface area (Å²) in [5.74, 6) is 0.750. The third-order valence-corrected chi connectivity index (χ3v) is 6.74. The molecule has 0 aliphatic carbocycles. The van der Waals surface area contributed by atoms with Gasteiger partial charge in [0.05, 0.1) is 17.7 Å². The first kappa shape index (κ1) is 17.3. The van der Waals surface area contributed by atoms with E-state index < -0.39 is 16.1 Å². The highest BCUT2D eigenvalue weighted by molar-refractivity contribution is 7.89. The number of rotatable bonds is 5. The summed E-state index contributed by atoms with van der Waals surface area (Å²) >= 11 is 1.50. The van der Waals surface area contributed by atoms with Crippen LogP contribution in [0.3, 0.4) is 0 Å². The Morgan fingerprint density at radius 2 is 2.31 bits per heavy atom. The lowest BCUT2D eigenvalue weighted by molar-refractivity contribution is -0.0199. The van der Waals surface area contributed by atoms with Gasteiger partial charge in [-0.2, -0.15) is 14.4 Å². The lowest BCUT2D eigenvalue weighted by Gasteiger charge is -2.29. The number of hydrogen-bond donors (Lipinski definition) is 0. The fourth-order valence-corrected chi connectivity index (χ4v) is 4.69. The molecule has 11 heteroatoms. The van der Waals surface area contributed by atoms with Crippen LogP contribution in [-0.4, -0.2) is 52.3 Å². The average Bonchev–Trinajstić information content (AvgIpc) is 3.42. The molecule has 0 unspecified atom stereocenters. The molecule has 3 aromatic rings. The maximum absolute atomic E-state index is 12.8. The molecule has 0 aromatic carbocycles. The summed E-state index contributed by atoms with van der Waals surface area (Å²) in [5.41, 5.74) is 0. The van der Waals surface area contributed by atoms with E-state index in [1.54, 1.807) is 4.68 Å². The third kappa shape index (κ3) is 3.18. The molecule has 138 valence electrons. The van der Waals surface area contributed by atoms with Crippen molar-refractivity contribution >= 4 is 21.4 Å². The van der Waals surface area contributed by atoms with Crippen LogP contribution in [0.5, 0.6) is 0 Å². The first-order valence-corrected chi connectivity index (χ1v) is 10.4. The van der Waals surface area contributed by atoms with Gasteiger partial charge in [-0.15, -0.1) is 11.3 Å². The van der Waals surface area contributed by atoms with Crippen LogP contribution in [-0.2, 0) is 21.3 Å². The van der Waals surface area contributed by atoms with Gasteiger partial charge in [0.1, 0.15) is 4.90 Å². The van der Waals surface area contributed by atoms with Crippen LogP contribution in [0.1, 0.15) is 18.9 Å². The van der Waals surface area contributed by atoms with Gasteiger partial charge in [0.25, 0.3) is 5.89 Å². The normalized spacial score (nSPS) is 19.0. The number of ether oxygens (including phenoxy) is 1. The summed E-state index contributed by atoms with van der Waals surface area (Å²) in [6, 6.07) is 3.79. The second kappa shape index (κ2) is 6.91. The summed E-state index contributed by atoms with van der Waals surface area (Å²) in [6.45, 7) is 3.14. The van der Waals surface area contributed by atoms with Crippen LogP contribution in [0, 0.1) is 0 Å². The van der Waals surface area contributed by atoms with Crippen LogP contribution in [0.2, 0.25) is 0 Å². The van der Waals surface area contributed by atoms with E-state index >= 15 is 0 Å². The van der Waals surface area contributed by atoms with Crippen molar-refractivity contribution in [3.05, 3.63) is 35.8 Å². The second-order valence-corrected chi connectivity index (χ2v) is 8.57. The predicted molar refractivity (Wildman–Crippen MR) is 93.0 cm³/mol. The van der Waals surface area contributed by atoms with Gasteiger partial charge >= 0.3 is 0 Å². The smallest absolute Gasteiger partial charge is 0.257 e. The summed E-state index contributed by atoms with van der Waals surface area (Å²) in [5, 5.41) is 9.93. The Kier molecular flexibility index (Phi) is 4.61. The Bertz CT molecular complexity index is 980. The predicted octanol–water partition coefficient (Wildman–Crippen LogP) is 1.78. The van der Waals surface area contributed by atoms with Crippen molar-refractivity contribution in [3.8, 4) is 10.7 Å². The van der Waals surface area contributed by atoms with Crippen molar-refractivity contribution in [2.45, 2.75) is 24.5 Å². The lowest BCUT2D eigenvalue weighted by Crippen LogP contribution is -2.42. The molecule has 0 spiro atoms. The first-order valence-electron chi connectivity index (χ1n) is 8.09. The summed E-state index contributed by atoms with van der Waals surface area (Å²) < 4.78 is 39.6. The second-order valence-electron chi connectivity index (χ2n) is 5.69. The molecule has 0 bridgehead atoms. The van der Waals surface area contributed by atoms with Crippen LogP contribution in [0.15, 0.2) is 39.3 Å². The molecule has 3 aromatic heterocycles. The third-order valence-electron chi connectivity index (χ3n) is 4.06. The Balaban J connectivity index is 1.54. The molecule has 9 nitrogen and oxygen atoms in total. The molecule has 0 radical (unpaired) electrons. The van der Waals surface area contributed by atoms with Crippen molar-refractivity contribution < 1.29 is 17.7 Å². The van der Waals surface area contributed by atoms with E-state index in [9.17, 15) is 8.42 Å². The molecule has 1 atom stereocenters. The topological polar surface area (TPSA) is 103 Å². The minimum absolute atomic E-state index is 0.117. The Hall–Kier alpha value is -2.08. The van der Waals surface area contributed by atoms with Gasteiger partial charge in [-0.1, -0.05) is 11.2 Å². The van der Waals surface area contributed by atoms with Gasteiger partial charge in [0.15, 0.2) is 6.10 Å². The molecule has 0 N–H and O–H groups in total. The van der Waals surface area contributed by atoms with Gasteiger partial charge in [-0.25, -0.2) is 8.42 Å². The summed E-state index contributed by atoms with van der Waals surface area (Å²) in [6.07, 6.45) is 2.30. The van der Waals surface area contributed by atoms with Crippen LogP contribution < -0.4 is 0 Å². The SMILES string of the molecule is CCn1cc(S(=O)(=O)N2CCO[C@@H](c3nc(-c4cccs4)no3)C2)cn1. The Labute approximate surface area is 154 Å². The highest BCUT2D eigenvalue weighted by Gasteiger charge is 2.34. The average molecular weight is 395 g/mol. The summed E-state index contributed by atoms with van der Waals surface area (Å²) in [7, 11) is -3.65. The van der Waals surface area contributed by atoms with E-state index in [2.05, 4.69) is 15.2 Å². The summed E-state index contributed by atoms with van der Waals surface area (Å²) in [4.78, 5) is 5.41. The first-order chi connectivity index (χ1) is 12.6. The van der Waals surface area contributed by atoms with Gasteiger partial charge < -0.3 is 9.26 Å². The number of sulfonamides is 1. The molecule has 4 rings (SSSR count). The van der Waals surface area contributed by atoms with Gasteiger partial charge in [0.2, 0.25) is 15.8 Å². The largest absolute Gasteiger partial charge is 0.366 e. The highest BCUT2D eigenvalue weighted by atomic mass is 32.2. The molecule has 1 fully saturated rings. The van der Waals surface area contributed by atoms with Gasteiger partial charge in [0, 0.05) is 25.8 Å². The minimum Gasteiger partial charge on any atom is -0.366 e. The molecule has 1 aliphatic heterocycles. The van der Waals surface area contributed by atoms with Crippen molar-refractivity contribution in [1.29, 1.82) is 0 Å². The van der Waals surface area contributed by atoms with Crippen molar-refractivity contribution in [2.24, 2.45) is 0 Å². The number of morpholine rings is 1. The molecule has 0 amide bonds. The number of thiophene rings is 1. The van der Waals surface area contributed by atoms with Crippen molar-refractivity contribution in [1.82, 2.24) is 24.2 Å². The zero-order chi connectivity index (χ0) is 18.1. The number of aryl methyl sites for hydroxylation is 1. The molecule has 4 heterocycles. The number of aromatic nitrogens is 4. The fraction of sp³-hybridized carbons (Fsp3) is 0.400. The zero-order valence-corrected chi connectivity index (χ0v) is 15.6. The maximum Gasteiger partial charge on any atom is 0.257 e. The zero-order valence-electron chi connectivity index (χ0n) is 14.0. The molecular formula is C15H17N5O4S2. The molecule has 0 saturated carbocycles. The van der Waals surface area contributed by atoms with Crippen LogP contribution >= 0.6 is 11.3 Å². The number of hydrogen-bond acceptors (Lipinski definition) is 8. The van der Waals surface area contributed by atoms with E-state index in [0.717, 1.165) is 4.88 Å². The standard InChI is InChI=1S/C15H17N5O4S2/c1-2-19-9-11(8-16-19)26(21,22)20-5-6-23-12(10-20)15-17-14(18-24-15)13-4-3-7-25-13/h3-4,7-9,12H,2,5-6,10H2,1H3/t12-/m1/s1. The van der Waals surface area contributed by atoms with Crippen molar-refractivity contribution in [2.75, 3.05) is 19.7 Å². The van der Waals surface area contributed by atoms with Crippen LogP contribution in [0.25, 0.3) is 10.7 Å². The quantitative estimate of drug-likeness (QED) is 0.648. The Morgan fingerprint density at radius 3 is 3.04 bits per heavy atom. The van der Waals surface area contributed by atoms with E-state index in [1.807, 2.05) is 24.4 Å². The van der Waals surface area contributed by atoms with Crippen molar-refractivity contribution in [3.63, 3.8) is 0 Å². The Morgan fingerprint density at radius 1 is 1.42 bits per heavy atom. The molecule has 26 heavy (non-hydrogen) atoms.